The zero-order chi connectivity index (χ0) is 14.8. The molecule has 2 aromatic rings. The van der Waals surface area contributed by atoms with Gasteiger partial charge in [-0.05, 0) is 29.2 Å². The van der Waals surface area contributed by atoms with E-state index in [4.69, 9.17) is 0 Å². The molecule has 2 unspecified atom stereocenters. The Kier molecular flexibility index (Phi) is 3.93. The first kappa shape index (κ1) is 14.1. The highest BCUT2D eigenvalue weighted by Crippen LogP contribution is 2.26. The molecule has 0 aliphatic carbocycles. The predicted molar refractivity (Wildman–Crippen MR) is 83.9 cm³/mol. The van der Waals surface area contributed by atoms with Crippen LogP contribution in [0.3, 0.4) is 0 Å². The van der Waals surface area contributed by atoms with Crippen molar-refractivity contribution >= 4 is 16.7 Å². The summed E-state index contributed by atoms with van der Waals surface area (Å²) in [5.41, 5.74) is 0.902. The number of aliphatic hydroxyl groups excluding tert-OH is 1. The zero-order valence-corrected chi connectivity index (χ0v) is 12.3. The number of aliphatic hydroxyl groups is 1. The van der Waals surface area contributed by atoms with E-state index in [-0.39, 0.29) is 11.8 Å². The topological polar surface area (TPSA) is 40.5 Å². The number of hydrogen-bond acceptors (Lipinski definition) is 2. The third-order valence-electron chi connectivity index (χ3n) is 4.37. The number of hydrogen-bond donors (Lipinski definition) is 1. The second-order valence-corrected chi connectivity index (χ2v) is 5.91. The van der Waals surface area contributed by atoms with Gasteiger partial charge >= 0.3 is 0 Å². The van der Waals surface area contributed by atoms with Gasteiger partial charge in [-0.25, -0.2) is 0 Å². The van der Waals surface area contributed by atoms with Crippen LogP contribution in [-0.4, -0.2) is 29.0 Å². The Labute approximate surface area is 125 Å². The van der Waals surface area contributed by atoms with Crippen molar-refractivity contribution in [3.05, 3.63) is 48.0 Å². The SMILES string of the molecule is CC1CCCN(CC(O)c2cccc3ccccc23)C1=O. The molecular formula is C18H21NO2. The number of carbonyl (C=O) groups is 1. The summed E-state index contributed by atoms with van der Waals surface area (Å²) in [7, 11) is 0. The van der Waals surface area contributed by atoms with Crippen molar-refractivity contribution in [1.29, 1.82) is 0 Å². The fourth-order valence-electron chi connectivity index (χ4n) is 3.16. The molecule has 0 bridgehead atoms. The van der Waals surface area contributed by atoms with E-state index < -0.39 is 6.10 Å². The molecule has 2 atom stereocenters. The fraction of sp³-hybridized carbons (Fsp3) is 0.389. The molecule has 1 heterocycles. The summed E-state index contributed by atoms with van der Waals surface area (Å²) in [5, 5.41) is 12.8. The van der Waals surface area contributed by atoms with Gasteiger partial charge in [0.05, 0.1) is 12.6 Å². The van der Waals surface area contributed by atoms with Gasteiger partial charge in [-0.15, -0.1) is 0 Å². The van der Waals surface area contributed by atoms with Gasteiger partial charge in [0.2, 0.25) is 5.91 Å². The maximum atomic E-state index is 12.2. The zero-order valence-electron chi connectivity index (χ0n) is 12.3. The summed E-state index contributed by atoms with van der Waals surface area (Å²) in [4.78, 5) is 14.0. The number of amides is 1. The molecule has 1 aliphatic rings. The number of fused-ring (bicyclic) bond motifs is 1. The Bertz CT molecular complexity index is 647. The highest BCUT2D eigenvalue weighted by molar-refractivity contribution is 5.86. The summed E-state index contributed by atoms with van der Waals surface area (Å²) in [6.07, 6.45) is 1.35. The van der Waals surface area contributed by atoms with E-state index in [1.165, 1.54) is 0 Å². The van der Waals surface area contributed by atoms with E-state index in [0.29, 0.717) is 6.54 Å². The number of rotatable bonds is 3. The smallest absolute Gasteiger partial charge is 0.225 e. The first-order valence-corrected chi connectivity index (χ1v) is 7.61. The summed E-state index contributed by atoms with van der Waals surface area (Å²) in [5.74, 6) is 0.249. The number of carbonyl (C=O) groups excluding carboxylic acids is 1. The Balaban J connectivity index is 1.84. The van der Waals surface area contributed by atoms with E-state index in [0.717, 1.165) is 35.7 Å². The molecule has 3 rings (SSSR count). The monoisotopic (exact) mass is 283 g/mol. The number of likely N-dealkylation sites (tertiary alicyclic amines) is 1. The molecule has 1 fully saturated rings. The lowest BCUT2D eigenvalue weighted by Gasteiger charge is -2.32. The standard InChI is InChI=1S/C18H21NO2/c1-13-6-5-11-19(18(13)21)12-17(20)16-10-4-8-14-7-2-3-9-15(14)16/h2-4,7-10,13,17,20H,5-6,11-12H2,1H3. The molecular weight excluding hydrogens is 262 g/mol. The van der Waals surface area contributed by atoms with Crippen LogP contribution in [-0.2, 0) is 4.79 Å². The van der Waals surface area contributed by atoms with Crippen molar-refractivity contribution in [3.63, 3.8) is 0 Å². The van der Waals surface area contributed by atoms with Crippen LogP contribution in [0.5, 0.6) is 0 Å². The minimum Gasteiger partial charge on any atom is -0.387 e. The van der Waals surface area contributed by atoms with Gasteiger partial charge in [0.25, 0.3) is 0 Å². The number of β-amino-alcohol motifs (C(OH)–C–C–N with tert-alkyl or cyclic N) is 1. The Morgan fingerprint density at radius 1 is 1.24 bits per heavy atom. The first-order valence-electron chi connectivity index (χ1n) is 7.61. The molecule has 1 aliphatic heterocycles. The van der Waals surface area contributed by atoms with Crippen LogP contribution in [0.2, 0.25) is 0 Å². The maximum Gasteiger partial charge on any atom is 0.225 e. The maximum absolute atomic E-state index is 12.2. The van der Waals surface area contributed by atoms with Gasteiger partial charge < -0.3 is 10.0 Å². The molecule has 0 aromatic heterocycles. The molecule has 110 valence electrons. The van der Waals surface area contributed by atoms with Gasteiger partial charge in [-0.2, -0.15) is 0 Å². The van der Waals surface area contributed by atoms with Crippen molar-refractivity contribution in [2.45, 2.75) is 25.9 Å². The summed E-state index contributed by atoms with van der Waals surface area (Å²) >= 11 is 0. The Morgan fingerprint density at radius 3 is 2.86 bits per heavy atom. The molecule has 0 saturated carbocycles. The van der Waals surface area contributed by atoms with E-state index in [2.05, 4.69) is 0 Å². The summed E-state index contributed by atoms with van der Waals surface area (Å²) < 4.78 is 0. The molecule has 1 amide bonds. The highest BCUT2D eigenvalue weighted by Gasteiger charge is 2.27. The third-order valence-corrected chi connectivity index (χ3v) is 4.37. The van der Waals surface area contributed by atoms with Crippen molar-refractivity contribution < 1.29 is 9.90 Å². The lowest BCUT2D eigenvalue weighted by Crippen LogP contribution is -2.42. The Hall–Kier alpha value is -1.87. The molecule has 2 aromatic carbocycles. The van der Waals surface area contributed by atoms with E-state index in [1.54, 1.807) is 4.90 Å². The van der Waals surface area contributed by atoms with Gasteiger partial charge in [-0.3, -0.25) is 4.79 Å². The normalized spacial score (nSPS) is 20.8. The third kappa shape index (κ3) is 2.79. The summed E-state index contributed by atoms with van der Waals surface area (Å²) in [6, 6.07) is 14.0. The molecule has 0 spiro atoms. The fourth-order valence-corrected chi connectivity index (χ4v) is 3.16. The average Bonchev–Trinajstić information content (AvgIpc) is 2.51. The summed E-state index contributed by atoms with van der Waals surface area (Å²) in [6.45, 7) is 3.11. The van der Waals surface area contributed by atoms with Crippen LogP contribution in [0.15, 0.2) is 42.5 Å². The molecule has 0 radical (unpaired) electrons. The molecule has 1 N–H and O–H groups in total. The second kappa shape index (κ2) is 5.86. The van der Waals surface area contributed by atoms with Crippen LogP contribution in [0.4, 0.5) is 0 Å². The average molecular weight is 283 g/mol. The van der Waals surface area contributed by atoms with Crippen molar-refractivity contribution in [2.24, 2.45) is 5.92 Å². The predicted octanol–water partition coefficient (Wildman–Crippen LogP) is 3.13. The molecule has 1 saturated heterocycles. The largest absolute Gasteiger partial charge is 0.387 e. The van der Waals surface area contributed by atoms with Gasteiger partial charge in [-0.1, -0.05) is 49.4 Å². The van der Waals surface area contributed by atoms with Crippen molar-refractivity contribution in [1.82, 2.24) is 4.90 Å². The van der Waals surface area contributed by atoms with Gasteiger partial charge in [0, 0.05) is 12.5 Å². The number of piperidine rings is 1. The van der Waals surface area contributed by atoms with Crippen LogP contribution >= 0.6 is 0 Å². The highest BCUT2D eigenvalue weighted by atomic mass is 16.3. The van der Waals surface area contributed by atoms with Gasteiger partial charge in [0.1, 0.15) is 0 Å². The van der Waals surface area contributed by atoms with Crippen molar-refractivity contribution in [2.75, 3.05) is 13.1 Å². The van der Waals surface area contributed by atoms with Gasteiger partial charge in [0.15, 0.2) is 0 Å². The molecule has 3 heteroatoms. The second-order valence-electron chi connectivity index (χ2n) is 5.91. The number of nitrogens with zero attached hydrogens (tertiary/aromatic N) is 1. The van der Waals surface area contributed by atoms with E-state index >= 15 is 0 Å². The van der Waals surface area contributed by atoms with Crippen LogP contribution < -0.4 is 0 Å². The van der Waals surface area contributed by atoms with Crippen LogP contribution in [0.25, 0.3) is 10.8 Å². The number of benzene rings is 2. The van der Waals surface area contributed by atoms with E-state index in [9.17, 15) is 9.90 Å². The quantitative estimate of drug-likeness (QED) is 0.940. The molecule has 21 heavy (non-hydrogen) atoms. The van der Waals surface area contributed by atoms with Crippen molar-refractivity contribution in [3.8, 4) is 0 Å². The lowest BCUT2D eigenvalue weighted by atomic mass is 9.96. The first-order chi connectivity index (χ1) is 10.2. The molecule has 3 nitrogen and oxygen atoms in total. The Morgan fingerprint density at radius 2 is 2.00 bits per heavy atom. The van der Waals surface area contributed by atoms with Crippen LogP contribution in [0.1, 0.15) is 31.4 Å². The minimum absolute atomic E-state index is 0.0819. The van der Waals surface area contributed by atoms with Crippen LogP contribution in [0, 0.1) is 5.92 Å². The van der Waals surface area contributed by atoms with E-state index in [1.807, 2.05) is 49.4 Å². The lowest BCUT2D eigenvalue weighted by molar-refractivity contribution is -0.139. The minimum atomic E-state index is -0.634.